The van der Waals surface area contributed by atoms with Gasteiger partial charge in [-0.25, -0.2) is 4.98 Å². The molecule has 0 radical (unpaired) electrons. The Kier molecular flexibility index (Phi) is 1.46. The Morgan fingerprint density at radius 1 is 1.50 bits per heavy atom. The minimum absolute atomic E-state index is 0.171. The molecule has 2 aromatic heterocycles. The first kappa shape index (κ1) is 8.52. The lowest BCUT2D eigenvalue weighted by atomic mass is 10.0. The van der Waals surface area contributed by atoms with E-state index in [1.54, 1.807) is 6.33 Å². The van der Waals surface area contributed by atoms with Crippen LogP contribution < -0.4 is 0 Å². The van der Waals surface area contributed by atoms with Crippen LogP contribution in [0.15, 0.2) is 24.0 Å². The SMILES string of the molecule is O=C1c2sccc2-n2cncc2C2CCN12. The van der Waals surface area contributed by atoms with Gasteiger partial charge in [0.25, 0.3) is 5.91 Å². The summed E-state index contributed by atoms with van der Waals surface area (Å²) in [5.74, 6) is 0.171. The number of imidazole rings is 1. The van der Waals surface area contributed by atoms with Gasteiger partial charge in [0, 0.05) is 6.54 Å². The highest BCUT2D eigenvalue weighted by atomic mass is 32.1. The van der Waals surface area contributed by atoms with Gasteiger partial charge in [0.2, 0.25) is 0 Å². The Labute approximate surface area is 96.1 Å². The summed E-state index contributed by atoms with van der Waals surface area (Å²) in [5.41, 5.74) is 2.12. The lowest BCUT2D eigenvalue weighted by molar-refractivity contribution is 0.0465. The molecule has 1 unspecified atom stereocenters. The Balaban J connectivity index is 2.05. The van der Waals surface area contributed by atoms with Crippen molar-refractivity contribution < 1.29 is 4.79 Å². The Morgan fingerprint density at radius 2 is 2.44 bits per heavy atom. The van der Waals surface area contributed by atoms with Crippen LogP contribution in [0.3, 0.4) is 0 Å². The zero-order valence-electron chi connectivity index (χ0n) is 8.46. The molecule has 2 aliphatic rings. The van der Waals surface area contributed by atoms with Crippen LogP contribution in [-0.4, -0.2) is 26.9 Å². The number of hydrogen-bond donors (Lipinski definition) is 0. The van der Waals surface area contributed by atoms with Crippen molar-refractivity contribution in [3.05, 3.63) is 34.5 Å². The molecule has 2 aromatic rings. The molecule has 0 spiro atoms. The number of nitrogens with zero attached hydrogens (tertiary/aromatic N) is 3. The molecule has 0 aromatic carbocycles. The molecular formula is C11H9N3OS. The first-order valence-electron chi connectivity index (χ1n) is 5.27. The van der Waals surface area contributed by atoms with Crippen molar-refractivity contribution in [2.45, 2.75) is 12.5 Å². The average Bonchev–Trinajstić information content (AvgIpc) is 2.80. The monoisotopic (exact) mass is 231 g/mol. The molecule has 0 N–H and O–H groups in total. The van der Waals surface area contributed by atoms with Crippen molar-refractivity contribution in [2.24, 2.45) is 0 Å². The summed E-state index contributed by atoms with van der Waals surface area (Å²) < 4.78 is 2.05. The van der Waals surface area contributed by atoms with Gasteiger partial charge in [0.15, 0.2) is 0 Å². The highest BCUT2D eigenvalue weighted by Crippen LogP contribution is 2.40. The number of amides is 1. The van der Waals surface area contributed by atoms with Crippen LogP contribution in [0.4, 0.5) is 0 Å². The number of carbonyl (C=O) groups is 1. The number of aromatic nitrogens is 2. The summed E-state index contributed by atoms with van der Waals surface area (Å²) in [4.78, 5) is 19.2. The van der Waals surface area contributed by atoms with Gasteiger partial charge < -0.3 is 4.90 Å². The maximum absolute atomic E-state index is 12.2. The molecular weight excluding hydrogens is 222 g/mol. The van der Waals surface area contributed by atoms with Crippen molar-refractivity contribution in [1.29, 1.82) is 0 Å². The van der Waals surface area contributed by atoms with Gasteiger partial charge in [-0.1, -0.05) is 0 Å². The average molecular weight is 231 g/mol. The molecule has 80 valence electrons. The predicted octanol–water partition coefficient (Wildman–Crippen LogP) is 1.83. The lowest BCUT2D eigenvalue weighted by Crippen LogP contribution is -2.44. The summed E-state index contributed by atoms with van der Waals surface area (Å²) in [6.45, 7) is 0.867. The summed E-state index contributed by atoms with van der Waals surface area (Å²) >= 11 is 1.51. The topological polar surface area (TPSA) is 38.1 Å². The third kappa shape index (κ3) is 0.852. The maximum Gasteiger partial charge on any atom is 0.266 e. The minimum atomic E-state index is 0.171. The van der Waals surface area contributed by atoms with Gasteiger partial charge in [0.05, 0.1) is 29.9 Å². The summed E-state index contributed by atoms with van der Waals surface area (Å²) in [7, 11) is 0. The van der Waals surface area contributed by atoms with E-state index in [9.17, 15) is 4.79 Å². The van der Waals surface area contributed by atoms with Crippen molar-refractivity contribution >= 4 is 17.2 Å². The van der Waals surface area contributed by atoms with Gasteiger partial charge >= 0.3 is 0 Å². The Hall–Kier alpha value is -1.62. The summed E-state index contributed by atoms with van der Waals surface area (Å²) in [6, 6.07) is 2.23. The summed E-state index contributed by atoms with van der Waals surface area (Å²) in [5, 5.41) is 1.96. The largest absolute Gasteiger partial charge is 0.329 e. The van der Waals surface area contributed by atoms with Crippen molar-refractivity contribution in [3.8, 4) is 5.69 Å². The first-order valence-corrected chi connectivity index (χ1v) is 6.15. The van der Waals surface area contributed by atoms with Crippen LogP contribution in [0, 0.1) is 0 Å². The zero-order chi connectivity index (χ0) is 10.7. The zero-order valence-corrected chi connectivity index (χ0v) is 9.28. The van der Waals surface area contributed by atoms with Crippen LogP contribution in [0.5, 0.6) is 0 Å². The van der Waals surface area contributed by atoms with Gasteiger partial charge in [-0.05, 0) is 17.9 Å². The molecule has 2 aliphatic heterocycles. The first-order chi connectivity index (χ1) is 7.86. The van der Waals surface area contributed by atoms with E-state index >= 15 is 0 Å². The molecule has 1 saturated heterocycles. The number of thiophene rings is 1. The van der Waals surface area contributed by atoms with Crippen LogP contribution in [0.2, 0.25) is 0 Å². The second-order valence-electron chi connectivity index (χ2n) is 4.13. The third-order valence-corrected chi connectivity index (χ3v) is 4.28. The van der Waals surface area contributed by atoms with E-state index in [1.165, 1.54) is 11.3 Å². The highest BCUT2D eigenvalue weighted by Gasteiger charge is 2.40. The van der Waals surface area contributed by atoms with E-state index in [0.717, 1.165) is 29.2 Å². The second-order valence-corrected chi connectivity index (χ2v) is 5.04. The molecule has 4 heterocycles. The molecule has 0 aliphatic carbocycles. The molecule has 5 heteroatoms. The van der Waals surface area contributed by atoms with Gasteiger partial charge in [-0.15, -0.1) is 11.3 Å². The fourth-order valence-electron chi connectivity index (χ4n) is 2.47. The highest BCUT2D eigenvalue weighted by molar-refractivity contribution is 7.12. The molecule has 1 atom stereocenters. The fraction of sp³-hybridized carbons (Fsp3) is 0.273. The number of rotatable bonds is 0. The molecule has 1 fully saturated rings. The van der Waals surface area contributed by atoms with Crippen molar-refractivity contribution in [1.82, 2.24) is 14.5 Å². The minimum Gasteiger partial charge on any atom is -0.329 e. The maximum atomic E-state index is 12.2. The number of hydrogen-bond acceptors (Lipinski definition) is 3. The van der Waals surface area contributed by atoms with Crippen LogP contribution >= 0.6 is 11.3 Å². The lowest BCUT2D eigenvalue weighted by Gasteiger charge is -2.39. The van der Waals surface area contributed by atoms with Crippen LogP contribution in [0.1, 0.15) is 27.8 Å². The molecule has 4 nitrogen and oxygen atoms in total. The quantitative estimate of drug-likeness (QED) is 0.693. The van der Waals surface area contributed by atoms with E-state index in [4.69, 9.17) is 0 Å². The van der Waals surface area contributed by atoms with E-state index in [-0.39, 0.29) is 11.9 Å². The molecule has 1 amide bonds. The van der Waals surface area contributed by atoms with E-state index in [1.807, 2.05) is 27.1 Å². The van der Waals surface area contributed by atoms with Crippen LogP contribution in [0.25, 0.3) is 5.69 Å². The predicted molar refractivity (Wildman–Crippen MR) is 59.8 cm³/mol. The Morgan fingerprint density at radius 3 is 3.25 bits per heavy atom. The second kappa shape index (κ2) is 2.74. The number of fused-ring (bicyclic) bond motifs is 5. The van der Waals surface area contributed by atoms with E-state index < -0.39 is 0 Å². The van der Waals surface area contributed by atoms with E-state index in [2.05, 4.69) is 4.98 Å². The fourth-order valence-corrected chi connectivity index (χ4v) is 3.31. The van der Waals surface area contributed by atoms with Gasteiger partial charge in [0.1, 0.15) is 4.88 Å². The summed E-state index contributed by atoms with van der Waals surface area (Å²) in [6.07, 6.45) is 4.72. The van der Waals surface area contributed by atoms with Gasteiger partial charge in [-0.3, -0.25) is 9.36 Å². The third-order valence-electron chi connectivity index (χ3n) is 3.39. The number of carbonyl (C=O) groups excluding carboxylic acids is 1. The van der Waals surface area contributed by atoms with E-state index in [0.29, 0.717) is 0 Å². The molecule has 4 rings (SSSR count). The van der Waals surface area contributed by atoms with Crippen LogP contribution in [-0.2, 0) is 0 Å². The Bertz CT molecular complexity index is 586. The molecule has 0 bridgehead atoms. The molecule has 16 heavy (non-hydrogen) atoms. The van der Waals surface area contributed by atoms with Gasteiger partial charge in [-0.2, -0.15) is 0 Å². The molecule has 0 saturated carbocycles. The normalized spacial score (nSPS) is 21.9. The van der Waals surface area contributed by atoms with Crippen molar-refractivity contribution in [2.75, 3.05) is 6.54 Å². The van der Waals surface area contributed by atoms with Crippen molar-refractivity contribution in [3.63, 3.8) is 0 Å². The standard InChI is InChI=1S/C11H9N3OS/c15-11-10-8(2-4-16-10)14-6-12-5-9(14)7-1-3-13(7)11/h2,4-7H,1,3H2. The smallest absolute Gasteiger partial charge is 0.266 e.